The zero-order valence-electron chi connectivity index (χ0n) is 18.2. The number of benzene rings is 1. The van der Waals surface area contributed by atoms with Crippen molar-refractivity contribution in [2.24, 2.45) is 0 Å². The second kappa shape index (κ2) is 15.7. The third-order valence-corrected chi connectivity index (χ3v) is 4.36. The highest BCUT2D eigenvalue weighted by atomic mass is 16.5. The van der Waals surface area contributed by atoms with Crippen molar-refractivity contribution in [1.29, 1.82) is 0 Å². The Balaban J connectivity index is 2.38. The predicted molar refractivity (Wildman–Crippen MR) is 113 cm³/mol. The Kier molecular flexibility index (Phi) is 13.1. The smallest absolute Gasteiger partial charge is 0.408 e. The fourth-order valence-electron chi connectivity index (χ4n) is 2.67. The van der Waals surface area contributed by atoms with Crippen LogP contribution in [0.15, 0.2) is 30.3 Å². The first-order valence-corrected chi connectivity index (χ1v) is 10.4. The van der Waals surface area contributed by atoms with Crippen molar-refractivity contribution in [3.63, 3.8) is 0 Å². The van der Waals surface area contributed by atoms with Crippen LogP contribution in [-0.4, -0.2) is 50.2 Å². The van der Waals surface area contributed by atoms with Crippen molar-refractivity contribution in [2.45, 2.75) is 58.1 Å². The maximum absolute atomic E-state index is 12.5. The van der Waals surface area contributed by atoms with Crippen molar-refractivity contribution in [2.75, 3.05) is 20.3 Å². The van der Waals surface area contributed by atoms with E-state index in [1.54, 1.807) is 0 Å². The molecule has 0 spiro atoms. The van der Waals surface area contributed by atoms with E-state index in [0.29, 0.717) is 13.2 Å². The van der Waals surface area contributed by atoms with Crippen LogP contribution in [0.1, 0.15) is 51.0 Å². The first-order chi connectivity index (χ1) is 14.9. The Labute approximate surface area is 182 Å². The minimum absolute atomic E-state index is 0.0102. The molecule has 0 aliphatic rings. The number of ether oxygens (including phenoxy) is 3. The Morgan fingerprint density at radius 3 is 2.35 bits per heavy atom. The highest BCUT2D eigenvalue weighted by Gasteiger charge is 2.22. The molecular formula is C22H32N2O7. The molecule has 0 saturated heterocycles. The van der Waals surface area contributed by atoms with Gasteiger partial charge in [-0.05, 0) is 31.2 Å². The molecule has 0 saturated carbocycles. The third kappa shape index (κ3) is 12.9. The van der Waals surface area contributed by atoms with Crippen LogP contribution in [0.5, 0.6) is 0 Å². The van der Waals surface area contributed by atoms with Crippen molar-refractivity contribution >= 4 is 23.9 Å². The maximum atomic E-state index is 12.5. The molecule has 31 heavy (non-hydrogen) atoms. The predicted octanol–water partition coefficient (Wildman–Crippen LogP) is 2.47. The summed E-state index contributed by atoms with van der Waals surface area (Å²) in [6, 6.07) is 8.25. The normalized spacial score (nSPS) is 11.2. The van der Waals surface area contributed by atoms with Gasteiger partial charge in [0, 0.05) is 19.9 Å². The summed E-state index contributed by atoms with van der Waals surface area (Å²) in [5.74, 6) is -1.15. The SMILES string of the molecule is COC(=O)CC[C@@H](NC(=O)OCc1ccccc1)C(=O)NCCCCCCOC(C)=O. The average Bonchev–Trinajstić information content (AvgIpc) is 2.76. The maximum Gasteiger partial charge on any atom is 0.408 e. The molecular weight excluding hydrogens is 404 g/mol. The third-order valence-electron chi connectivity index (χ3n) is 4.36. The van der Waals surface area contributed by atoms with E-state index >= 15 is 0 Å². The van der Waals surface area contributed by atoms with E-state index in [2.05, 4.69) is 15.4 Å². The summed E-state index contributed by atoms with van der Waals surface area (Å²) < 4.78 is 14.6. The second-order valence-corrected chi connectivity index (χ2v) is 6.92. The summed E-state index contributed by atoms with van der Waals surface area (Å²) in [6.45, 7) is 2.27. The summed E-state index contributed by atoms with van der Waals surface area (Å²) in [7, 11) is 1.26. The van der Waals surface area contributed by atoms with Gasteiger partial charge < -0.3 is 24.8 Å². The van der Waals surface area contributed by atoms with Gasteiger partial charge in [0.15, 0.2) is 0 Å². The molecule has 9 heteroatoms. The molecule has 0 heterocycles. The molecule has 0 unspecified atom stereocenters. The summed E-state index contributed by atoms with van der Waals surface area (Å²) >= 11 is 0. The zero-order chi connectivity index (χ0) is 22.9. The lowest BCUT2D eigenvalue weighted by Gasteiger charge is -2.18. The second-order valence-electron chi connectivity index (χ2n) is 6.92. The highest BCUT2D eigenvalue weighted by Crippen LogP contribution is 2.04. The molecule has 0 aliphatic heterocycles. The number of methoxy groups -OCH3 is 1. The van der Waals surface area contributed by atoms with Gasteiger partial charge in [0.05, 0.1) is 13.7 Å². The van der Waals surface area contributed by atoms with Crippen LogP contribution >= 0.6 is 0 Å². The van der Waals surface area contributed by atoms with Crippen LogP contribution in [-0.2, 0) is 35.2 Å². The van der Waals surface area contributed by atoms with Gasteiger partial charge in [0.25, 0.3) is 0 Å². The lowest BCUT2D eigenvalue weighted by molar-refractivity contribution is -0.142. The van der Waals surface area contributed by atoms with E-state index in [1.807, 2.05) is 30.3 Å². The van der Waals surface area contributed by atoms with Crippen molar-refractivity contribution in [3.05, 3.63) is 35.9 Å². The molecule has 1 aromatic carbocycles. The number of carbonyl (C=O) groups excluding carboxylic acids is 4. The first kappa shape index (κ1) is 25.9. The van der Waals surface area contributed by atoms with Gasteiger partial charge in [0.1, 0.15) is 12.6 Å². The molecule has 0 radical (unpaired) electrons. The number of alkyl carbamates (subject to hydrolysis) is 1. The zero-order valence-corrected chi connectivity index (χ0v) is 18.2. The Bertz CT molecular complexity index is 694. The van der Waals surface area contributed by atoms with Crippen LogP contribution < -0.4 is 10.6 Å². The molecule has 2 N–H and O–H groups in total. The molecule has 172 valence electrons. The lowest BCUT2D eigenvalue weighted by atomic mass is 10.1. The lowest BCUT2D eigenvalue weighted by Crippen LogP contribution is -2.47. The van der Waals surface area contributed by atoms with Gasteiger partial charge in [-0.15, -0.1) is 0 Å². The number of nitrogens with one attached hydrogen (secondary N) is 2. The van der Waals surface area contributed by atoms with E-state index in [-0.39, 0.29) is 31.3 Å². The van der Waals surface area contributed by atoms with Gasteiger partial charge in [-0.3, -0.25) is 14.4 Å². The van der Waals surface area contributed by atoms with E-state index in [9.17, 15) is 19.2 Å². The van der Waals surface area contributed by atoms with E-state index in [0.717, 1.165) is 31.2 Å². The molecule has 0 bridgehead atoms. The largest absolute Gasteiger partial charge is 0.469 e. The number of amides is 2. The number of hydrogen-bond acceptors (Lipinski definition) is 7. The molecule has 1 aromatic rings. The van der Waals surface area contributed by atoms with Crippen molar-refractivity contribution < 1.29 is 33.4 Å². The number of unbranched alkanes of at least 4 members (excludes halogenated alkanes) is 3. The fourth-order valence-corrected chi connectivity index (χ4v) is 2.67. The van der Waals surface area contributed by atoms with Gasteiger partial charge in [-0.2, -0.15) is 0 Å². The molecule has 0 fully saturated rings. The first-order valence-electron chi connectivity index (χ1n) is 10.4. The highest BCUT2D eigenvalue weighted by molar-refractivity contribution is 5.86. The van der Waals surface area contributed by atoms with E-state index in [1.165, 1.54) is 14.0 Å². The van der Waals surface area contributed by atoms with E-state index in [4.69, 9.17) is 9.47 Å². The van der Waals surface area contributed by atoms with Crippen LogP contribution in [0.2, 0.25) is 0 Å². The fraction of sp³-hybridized carbons (Fsp3) is 0.545. The molecule has 2 amide bonds. The molecule has 1 rings (SSSR count). The number of carbonyl (C=O) groups is 4. The summed E-state index contributed by atoms with van der Waals surface area (Å²) in [4.78, 5) is 46.7. The average molecular weight is 437 g/mol. The van der Waals surface area contributed by atoms with Gasteiger partial charge in [-0.25, -0.2) is 4.79 Å². The van der Waals surface area contributed by atoms with Gasteiger partial charge in [-0.1, -0.05) is 36.8 Å². The summed E-state index contributed by atoms with van der Waals surface area (Å²) in [6.07, 6.45) is 2.60. The Hall–Kier alpha value is -3.10. The minimum atomic E-state index is -0.911. The quantitative estimate of drug-likeness (QED) is 0.261. The van der Waals surface area contributed by atoms with Crippen LogP contribution in [0.25, 0.3) is 0 Å². The Morgan fingerprint density at radius 1 is 0.968 bits per heavy atom. The standard InChI is InChI=1S/C22H32N2O7/c1-17(25)30-15-9-4-3-8-14-23-21(27)19(12-13-20(26)29-2)24-22(28)31-16-18-10-6-5-7-11-18/h5-7,10-11,19H,3-4,8-9,12-16H2,1-2H3,(H,23,27)(H,24,28)/t19-/m1/s1. The van der Waals surface area contributed by atoms with Crippen LogP contribution in [0, 0.1) is 0 Å². The summed E-state index contributed by atoms with van der Waals surface area (Å²) in [5, 5.41) is 5.28. The van der Waals surface area contributed by atoms with Crippen LogP contribution in [0.3, 0.4) is 0 Å². The number of rotatable bonds is 14. The monoisotopic (exact) mass is 436 g/mol. The minimum Gasteiger partial charge on any atom is -0.469 e. The number of esters is 2. The number of hydrogen-bond donors (Lipinski definition) is 2. The van der Waals surface area contributed by atoms with E-state index < -0.39 is 18.1 Å². The van der Waals surface area contributed by atoms with Gasteiger partial charge >= 0.3 is 18.0 Å². The summed E-state index contributed by atoms with van der Waals surface area (Å²) in [5.41, 5.74) is 0.821. The van der Waals surface area contributed by atoms with Crippen molar-refractivity contribution in [3.8, 4) is 0 Å². The molecule has 1 atom stereocenters. The van der Waals surface area contributed by atoms with Gasteiger partial charge in [0.2, 0.25) is 5.91 Å². The molecule has 9 nitrogen and oxygen atoms in total. The Morgan fingerprint density at radius 2 is 1.68 bits per heavy atom. The molecule has 0 aromatic heterocycles. The van der Waals surface area contributed by atoms with Crippen molar-refractivity contribution in [1.82, 2.24) is 10.6 Å². The molecule has 0 aliphatic carbocycles. The van der Waals surface area contributed by atoms with Crippen LogP contribution in [0.4, 0.5) is 4.79 Å². The topological polar surface area (TPSA) is 120 Å².